The molecular formula is C37H43N7O3. The van der Waals surface area contributed by atoms with Gasteiger partial charge in [0.1, 0.15) is 17.2 Å². The van der Waals surface area contributed by atoms with Crippen LogP contribution in [0.3, 0.4) is 0 Å². The molecule has 3 aliphatic heterocycles. The van der Waals surface area contributed by atoms with Crippen LogP contribution < -0.4 is 20.7 Å². The third kappa shape index (κ3) is 5.43. The second-order valence-corrected chi connectivity index (χ2v) is 13.3. The Hall–Kier alpha value is -4.41. The van der Waals surface area contributed by atoms with E-state index in [1.165, 1.54) is 24.1 Å². The molecule has 0 spiro atoms. The molecule has 2 fully saturated rings. The molecule has 1 amide bonds. The summed E-state index contributed by atoms with van der Waals surface area (Å²) in [5.74, 6) is 0.701. The van der Waals surface area contributed by atoms with Crippen LogP contribution in [0.1, 0.15) is 47.1 Å². The second-order valence-electron chi connectivity index (χ2n) is 13.3. The van der Waals surface area contributed by atoms with Crippen molar-refractivity contribution >= 4 is 28.8 Å². The molecule has 4 aliphatic rings. The first kappa shape index (κ1) is 30.0. The van der Waals surface area contributed by atoms with Crippen LogP contribution in [0.2, 0.25) is 0 Å². The van der Waals surface area contributed by atoms with E-state index in [9.17, 15) is 9.59 Å². The van der Waals surface area contributed by atoms with E-state index in [1.807, 2.05) is 35.5 Å². The summed E-state index contributed by atoms with van der Waals surface area (Å²) in [6.45, 7) is 9.27. The van der Waals surface area contributed by atoms with E-state index in [4.69, 9.17) is 4.74 Å². The molecule has 0 atom stereocenters. The summed E-state index contributed by atoms with van der Waals surface area (Å²) in [4.78, 5) is 38.7. The van der Waals surface area contributed by atoms with Gasteiger partial charge in [-0.3, -0.25) is 14.5 Å². The van der Waals surface area contributed by atoms with Crippen LogP contribution in [0.5, 0.6) is 0 Å². The number of nitrogens with one attached hydrogen (secondary N) is 1. The monoisotopic (exact) mass is 633 g/mol. The zero-order valence-corrected chi connectivity index (χ0v) is 27.4. The number of fused-ring (bicyclic) bond motifs is 3. The van der Waals surface area contributed by atoms with Crippen molar-refractivity contribution in [3.63, 3.8) is 0 Å². The number of anilines is 4. The molecule has 4 aromatic rings. The highest BCUT2D eigenvalue weighted by atomic mass is 16.5. The van der Waals surface area contributed by atoms with Crippen molar-refractivity contribution in [2.75, 3.05) is 61.1 Å². The minimum Gasteiger partial charge on any atom is -0.378 e. The van der Waals surface area contributed by atoms with Crippen molar-refractivity contribution in [3.8, 4) is 11.1 Å². The van der Waals surface area contributed by atoms with Gasteiger partial charge in [0.25, 0.3) is 11.5 Å². The topological polar surface area (TPSA) is 87.9 Å². The lowest BCUT2D eigenvalue weighted by Gasteiger charge is -2.43. The first-order valence-corrected chi connectivity index (χ1v) is 17.1. The first-order valence-electron chi connectivity index (χ1n) is 17.1. The number of carbonyl (C=O) groups is 1. The van der Waals surface area contributed by atoms with Crippen LogP contribution in [0.4, 0.5) is 22.9 Å². The number of hydrogen-bond acceptors (Lipinski definition) is 7. The van der Waals surface area contributed by atoms with E-state index < -0.39 is 0 Å². The number of ether oxygens (including phenoxy) is 1. The molecule has 0 unspecified atom stereocenters. The molecule has 1 aromatic carbocycles. The molecule has 0 bridgehead atoms. The molecule has 1 N–H and O–H groups in total. The average Bonchev–Trinajstić information content (AvgIpc) is 3.46. The van der Waals surface area contributed by atoms with E-state index in [1.54, 1.807) is 11.6 Å². The average molecular weight is 634 g/mol. The summed E-state index contributed by atoms with van der Waals surface area (Å²) in [6, 6.07) is 14.8. The Labute approximate surface area is 275 Å². The maximum atomic E-state index is 13.9. The molecule has 0 radical (unpaired) electrons. The number of pyridine rings is 2. The summed E-state index contributed by atoms with van der Waals surface area (Å²) < 4.78 is 9.25. The smallest absolute Gasteiger partial charge is 0.274 e. The fourth-order valence-corrected chi connectivity index (χ4v) is 7.85. The number of aryl methyl sites for hydroxylation is 2. The molecular weight excluding hydrogens is 590 g/mol. The molecule has 10 nitrogen and oxygen atoms in total. The Morgan fingerprint density at radius 1 is 0.957 bits per heavy atom. The standard InChI is InChI=1S/C37H43N7O3/c1-3-29-30(8-6-10-33(29)44-18-17-43-32-9-5-4-7-25(32)20-34(43)37(44)46)26-19-31(36(45)40(2)22-26)39-35-12-11-27(21-38-35)41-13-15-42(16-14-41)28-23-47-24-28/h6,8,10-12,19-22,28H,3-5,7,9,13-18,23-24H2,1-2H3,(H,38,39). The summed E-state index contributed by atoms with van der Waals surface area (Å²) in [7, 11) is 1.78. The molecule has 3 aromatic heterocycles. The van der Waals surface area contributed by atoms with Gasteiger partial charge in [-0.15, -0.1) is 0 Å². The van der Waals surface area contributed by atoms with Gasteiger partial charge >= 0.3 is 0 Å². The van der Waals surface area contributed by atoms with E-state index in [-0.39, 0.29) is 11.5 Å². The second kappa shape index (κ2) is 12.3. The van der Waals surface area contributed by atoms with E-state index in [0.29, 0.717) is 24.1 Å². The van der Waals surface area contributed by atoms with Crippen LogP contribution in [-0.4, -0.2) is 76.9 Å². The van der Waals surface area contributed by atoms with Gasteiger partial charge in [0.15, 0.2) is 0 Å². The van der Waals surface area contributed by atoms with Crippen LogP contribution in [0.25, 0.3) is 11.1 Å². The van der Waals surface area contributed by atoms with Crippen molar-refractivity contribution in [3.05, 3.63) is 87.7 Å². The predicted octanol–water partition coefficient (Wildman–Crippen LogP) is 4.61. The molecule has 10 heteroatoms. The normalized spacial score (nSPS) is 18.6. The Morgan fingerprint density at radius 3 is 2.53 bits per heavy atom. The number of nitrogens with zero attached hydrogens (tertiary/aromatic N) is 6. The van der Waals surface area contributed by atoms with Crippen molar-refractivity contribution in [2.45, 2.75) is 51.6 Å². The minimum atomic E-state index is -0.124. The number of aromatic nitrogens is 3. The first-order chi connectivity index (χ1) is 23.0. The van der Waals surface area contributed by atoms with Gasteiger partial charge in [-0.1, -0.05) is 19.1 Å². The number of hydrogen-bond donors (Lipinski definition) is 1. The van der Waals surface area contributed by atoms with Gasteiger partial charge in [0, 0.05) is 69.5 Å². The van der Waals surface area contributed by atoms with Crippen LogP contribution in [-0.2, 0) is 37.6 Å². The lowest BCUT2D eigenvalue weighted by molar-refractivity contribution is -0.0660. The number of benzene rings is 1. The fourth-order valence-electron chi connectivity index (χ4n) is 7.85. The molecule has 1 aliphatic carbocycles. The lowest BCUT2D eigenvalue weighted by Crippen LogP contribution is -2.56. The number of carbonyl (C=O) groups excluding carboxylic acids is 1. The van der Waals surface area contributed by atoms with Gasteiger partial charge in [-0.2, -0.15) is 0 Å². The molecule has 6 heterocycles. The van der Waals surface area contributed by atoms with Crippen LogP contribution in [0, 0.1) is 0 Å². The third-order valence-electron chi connectivity index (χ3n) is 10.5. The zero-order valence-electron chi connectivity index (χ0n) is 27.4. The molecule has 47 heavy (non-hydrogen) atoms. The number of amides is 1. The Bertz CT molecular complexity index is 1870. The fraction of sp³-hybridized carbons (Fsp3) is 0.432. The largest absolute Gasteiger partial charge is 0.378 e. The van der Waals surface area contributed by atoms with Crippen molar-refractivity contribution < 1.29 is 9.53 Å². The van der Waals surface area contributed by atoms with Gasteiger partial charge in [0.2, 0.25) is 0 Å². The van der Waals surface area contributed by atoms with E-state index >= 15 is 0 Å². The van der Waals surface area contributed by atoms with Crippen molar-refractivity contribution in [1.82, 2.24) is 19.0 Å². The molecule has 0 saturated carbocycles. The van der Waals surface area contributed by atoms with Crippen LogP contribution >= 0.6 is 0 Å². The molecule has 2 saturated heterocycles. The molecule has 244 valence electrons. The quantitative estimate of drug-likeness (QED) is 0.318. The maximum absolute atomic E-state index is 13.9. The Balaban J connectivity index is 1.04. The van der Waals surface area contributed by atoms with E-state index in [0.717, 1.165) is 99.0 Å². The highest BCUT2D eigenvalue weighted by Crippen LogP contribution is 2.36. The van der Waals surface area contributed by atoms with E-state index in [2.05, 4.69) is 55.9 Å². The van der Waals surface area contributed by atoms with Crippen LogP contribution in [0.15, 0.2) is 59.7 Å². The SMILES string of the molecule is CCc1c(-c2cc(Nc3ccc(N4CCN(C5COC5)CC4)cn3)c(=O)n(C)c2)cccc1N1CCn2c(cc3c2CCCC3)C1=O. The third-order valence-corrected chi connectivity index (χ3v) is 10.5. The lowest BCUT2D eigenvalue weighted by atomic mass is 9.96. The zero-order chi connectivity index (χ0) is 32.1. The maximum Gasteiger partial charge on any atom is 0.274 e. The predicted molar refractivity (Wildman–Crippen MR) is 185 cm³/mol. The summed E-state index contributed by atoms with van der Waals surface area (Å²) in [6.07, 6.45) is 9.05. The van der Waals surface area contributed by atoms with Gasteiger partial charge in [-0.25, -0.2) is 4.98 Å². The summed E-state index contributed by atoms with van der Waals surface area (Å²) in [5, 5.41) is 3.30. The highest BCUT2D eigenvalue weighted by molar-refractivity contribution is 6.07. The number of rotatable bonds is 7. The Kier molecular flexibility index (Phi) is 7.85. The van der Waals surface area contributed by atoms with Crippen molar-refractivity contribution in [2.24, 2.45) is 7.05 Å². The Morgan fingerprint density at radius 2 is 1.79 bits per heavy atom. The van der Waals surface area contributed by atoms with Gasteiger partial charge in [-0.05, 0) is 79.1 Å². The summed E-state index contributed by atoms with van der Waals surface area (Å²) >= 11 is 0. The van der Waals surface area contributed by atoms with Gasteiger partial charge in [0.05, 0.1) is 31.1 Å². The van der Waals surface area contributed by atoms with Gasteiger partial charge < -0.3 is 29.0 Å². The summed E-state index contributed by atoms with van der Waals surface area (Å²) in [5.41, 5.74) is 8.93. The molecule has 8 rings (SSSR count). The minimum absolute atomic E-state index is 0.0738. The van der Waals surface area contributed by atoms with Crippen molar-refractivity contribution in [1.29, 1.82) is 0 Å². The highest BCUT2D eigenvalue weighted by Gasteiger charge is 2.32. The number of piperazine rings is 1.